The van der Waals surface area contributed by atoms with Crippen molar-refractivity contribution in [3.8, 4) is 0 Å². The van der Waals surface area contributed by atoms with Crippen LogP contribution in [0.3, 0.4) is 0 Å². The highest BCUT2D eigenvalue weighted by atomic mass is 19.1. The number of nitrogens with zero attached hydrogens (tertiary/aromatic N) is 4. The van der Waals surface area contributed by atoms with Crippen LogP contribution in [0.25, 0.3) is 0 Å². The first-order valence-electron chi connectivity index (χ1n) is 27.9. The molecule has 2 fully saturated rings. The Morgan fingerprint density at radius 2 is 1.14 bits per heavy atom. The number of ketones is 2. The summed E-state index contributed by atoms with van der Waals surface area (Å²) in [5, 5.41) is 8.68. The molecule has 5 rings (SSSR count). The summed E-state index contributed by atoms with van der Waals surface area (Å²) in [6, 6.07) is 16.2. The third-order valence-corrected chi connectivity index (χ3v) is 15.6. The van der Waals surface area contributed by atoms with E-state index in [1.165, 1.54) is 48.5 Å². The fourth-order valence-electron chi connectivity index (χ4n) is 10.1. The van der Waals surface area contributed by atoms with Crippen LogP contribution in [0.15, 0.2) is 72.8 Å². The van der Waals surface area contributed by atoms with Crippen LogP contribution in [0, 0.1) is 34.3 Å². The Balaban J connectivity index is 1.23. The zero-order chi connectivity index (χ0) is 57.5. The van der Waals surface area contributed by atoms with Crippen molar-refractivity contribution in [3.05, 3.63) is 107 Å². The van der Waals surface area contributed by atoms with Crippen molar-refractivity contribution in [1.82, 2.24) is 35.6 Å². The van der Waals surface area contributed by atoms with Gasteiger partial charge in [0.1, 0.15) is 23.5 Å². The van der Waals surface area contributed by atoms with Gasteiger partial charge in [0.25, 0.3) is 5.91 Å². The van der Waals surface area contributed by atoms with Gasteiger partial charge >= 0.3 is 0 Å². The maximum absolute atomic E-state index is 14.3. The predicted molar refractivity (Wildman–Crippen MR) is 297 cm³/mol. The second kappa shape index (κ2) is 28.5. The van der Waals surface area contributed by atoms with Crippen molar-refractivity contribution in [2.75, 3.05) is 52.9 Å². The average Bonchev–Trinajstić information content (AvgIpc) is 4.13. The number of carbonyl (C=O) groups excluding carboxylic acids is 8. The third kappa shape index (κ3) is 17.8. The van der Waals surface area contributed by atoms with Gasteiger partial charge in [0, 0.05) is 93.6 Å². The number of Topliss-reactive ketones (excluding diaryl/α,β-unsaturated/α-hetero) is 2. The summed E-state index contributed by atoms with van der Waals surface area (Å²) in [5.41, 5.74) is 1.01. The van der Waals surface area contributed by atoms with E-state index in [1.807, 2.05) is 55.4 Å². The first kappa shape index (κ1) is 62.5. The van der Waals surface area contributed by atoms with Crippen molar-refractivity contribution in [3.63, 3.8) is 0 Å². The molecule has 0 spiro atoms. The molecule has 0 aliphatic carbocycles. The lowest BCUT2D eigenvalue weighted by Gasteiger charge is -2.37. The van der Waals surface area contributed by atoms with Crippen LogP contribution in [0.4, 0.5) is 8.78 Å². The maximum atomic E-state index is 14.3. The minimum Gasteiger partial charge on any atom is -0.344 e. The van der Waals surface area contributed by atoms with Gasteiger partial charge in [0.05, 0.1) is 12.6 Å². The SMILES string of the molecule is CC[C@@H](C)C(=O)N[C@H](C(=O)N1CCC[C@H]1CN(CCc1ccc(F)cc1)C(=O)CCC(=O)c1ccc(C(=O)NCC(=O)N(CCc2ccc(F)cc2)C[C@@H]2CCCN2C(=O)[C@@H](CC(=O)[C@H](C)NC)C(C)(C)C)cc1)C(C)(C)C. The molecule has 6 amide bonds. The Kier molecular flexibility index (Phi) is 22.8. The summed E-state index contributed by atoms with van der Waals surface area (Å²) in [5.74, 6) is -3.74. The molecule has 2 heterocycles. The molecule has 78 heavy (non-hydrogen) atoms. The van der Waals surface area contributed by atoms with Crippen LogP contribution in [0.2, 0.25) is 0 Å². The van der Waals surface area contributed by atoms with Crippen LogP contribution >= 0.6 is 0 Å². The lowest BCUT2D eigenvalue weighted by atomic mass is 9.76. The summed E-state index contributed by atoms with van der Waals surface area (Å²) in [7, 11) is 1.71. The van der Waals surface area contributed by atoms with Crippen molar-refractivity contribution >= 4 is 47.0 Å². The number of likely N-dealkylation sites (tertiary alicyclic amines) is 2. The second-order valence-electron chi connectivity index (χ2n) is 23.5. The quantitative estimate of drug-likeness (QED) is 0.0682. The molecule has 3 N–H and O–H groups in total. The van der Waals surface area contributed by atoms with E-state index in [0.717, 1.165) is 24.0 Å². The highest BCUT2D eigenvalue weighted by Gasteiger charge is 2.42. The summed E-state index contributed by atoms with van der Waals surface area (Å²) in [4.78, 5) is 117. The molecule has 15 nitrogen and oxygen atoms in total. The molecular weight excluding hydrogens is 997 g/mol. The highest BCUT2D eigenvalue weighted by molar-refractivity contribution is 6.00. The molecule has 2 aliphatic heterocycles. The number of amides is 6. The molecule has 6 atom stereocenters. The zero-order valence-electron chi connectivity index (χ0n) is 47.7. The Bertz CT molecular complexity index is 2370. The summed E-state index contributed by atoms with van der Waals surface area (Å²) >= 11 is 0. The molecule has 3 aromatic carbocycles. The van der Waals surface area contributed by atoms with Gasteiger partial charge in [-0.1, -0.05) is 91.8 Å². The van der Waals surface area contributed by atoms with E-state index >= 15 is 0 Å². The summed E-state index contributed by atoms with van der Waals surface area (Å²) < 4.78 is 27.6. The van der Waals surface area contributed by atoms with Crippen molar-refractivity contribution in [2.45, 2.75) is 151 Å². The largest absolute Gasteiger partial charge is 0.344 e. The lowest BCUT2D eigenvalue weighted by Crippen LogP contribution is -2.57. The molecule has 0 aromatic heterocycles. The van der Waals surface area contributed by atoms with Gasteiger partial charge in [-0.25, -0.2) is 8.78 Å². The molecule has 0 saturated carbocycles. The first-order chi connectivity index (χ1) is 36.8. The van der Waals surface area contributed by atoms with Crippen LogP contribution in [-0.2, 0) is 41.6 Å². The van der Waals surface area contributed by atoms with Crippen molar-refractivity contribution < 1.29 is 47.1 Å². The summed E-state index contributed by atoms with van der Waals surface area (Å²) in [6.07, 6.45) is 4.00. The molecule has 0 unspecified atom stereocenters. The smallest absolute Gasteiger partial charge is 0.251 e. The third-order valence-electron chi connectivity index (χ3n) is 15.6. The van der Waals surface area contributed by atoms with E-state index in [9.17, 15) is 47.1 Å². The second-order valence-corrected chi connectivity index (χ2v) is 23.5. The van der Waals surface area contributed by atoms with E-state index in [1.54, 1.807) is 57.8 Å². The molecule has 426 valence electrons. The van der Waals surface area contributed by atoms with Gasteiger partial charge in [-0.3, -0.25) is 38.4 Å². The number of hydrogen-bond donors (Lipinski definition) is 3. The van der Waals surface area contributed by atoms with Gasteiger partial charge in [-0.05, 0) is 117 Å². The minimum atomic E-state index is -0.779. The monoisotopic (exact) mass is 1080 g/mol. The van der Waals surface area contributed by atoms with Gasteiger partial charge < -0.3 is 35.6 Å². The Hall–Kier alpha value is -6.36. The van der Waals surface area contributed by atoms with E-state index in [-0.39, 0.29) is 134 Å². The lowest BCUT2D eigenvalue weighted by molar-refractivity contribution is -0.144. The number of hydrogen-bond acceptors (Lipinski definition) is 9. The zero-order valence-corrected chi connectivity index (χ0v) is 47.7. The van der Waals surface area contributed by atoms with Crippen LogP contribution in [0.5, 0.6) is 0 Å². The number of nitrogens with one attached hydrogen (secondary N) is 3. The van der Waals surface area contributed by atoms with Crippen LogP contribution in [-0.4, -0.2) is 144 Å². The van der Waals surface area contributed by atoms with E-state index in [2.05, 4.69) is 16.0 Å². The molecule has 17 heteroatoms. The molecule has 0 radical (unpaired) electrons. The Morgan fingerprint density at radius 3 is 1.62 bits per heavy atom. The van der Waals surface area contributed by atoms with Gasteiger partial charge in [0.15, 0.2) is 5.78 Å². The standard InChI is InChI=1S/C61H85F2N7O8/c1-11-40(2)56(75)66-55(61(7,8)9)59(78)70-33-13-15-49(70)38-67(34-30-42-16-24-46(62)25-17-42)53(73)29-28-51(71)44-20-22-45(23-21-44)57(76)65-37-54(74)68(35-31-43-18-26-47(63)27-19-43)39-48-14-12-32-69(48)58(77)50(60(4,5)6)36-52(72)41(3)64-10/h16-27,40-41,48-50,55,64H,11-15,28-39H2,1-10H3,(H,65,76)(H,66,75)/t40-,41+,48+,49+,50-,55-/m1/s1. The Labute approximate surface area is 461 Å². The summed E-state index contributed by atoms with van der Waals surface area (Å²) in [6.45, 7) is 18.6. The van der Waals surface area contributed by atoms with E-state index < -0.39 is 34.7 Å². The number of rotatable bonds is 26. The van der Waals surface area contributed by atoms with Gasteiger partial charge in [0.2, 0.25) is 29.5 Å². The average molecular weight is 1080 g/mol. The molecule has 2 aliphatic rings. The van der Waals surface area contributed by atoms with Crippen LogP contribution in [0.1, 0.15) is 146 Å². The molecule has 3 aromatic rings. The highest BCUT2D eigenvalue weighted by Crippen LogP contribution is 2.34. The predicted octanol–water partition coefficient (Wildman–Crippen LogP) is 7.59. The number of halogens is 2. The maximum Gasteiger partial charge on any atom is 0.251 e. The fourth-order valence-corrected chi connectivity index (χ4v) is 10.1. The van der Waals surface area contributed by atoms with Gasteiger partial charge in [-0.2, -0.15) is 0 Å². The van der Waals surface area contributed by atoms with Crippen LogP contribution < -0.4 is 16.0 Å². The number of likely N-dealkylation sites (N-methyl/N-ethyl adjacent to an activating group) is 1. The van der Waals surface area contributed by atoms with E-state index in [4.69, 9.17) is 0 Å². The Morgan fingerprint density at radius 1 is 0.654 bits per heavy atom. The molecular formula is C61H85F2N7O8. The van der Waals surface area contributed by atoms with E-state index in [0.29, 0.717) is 45.2 Å². The van der Waals surface area contributed by atoms with Crippen molar-refractivity contribution in [2.24, 2.45) is 22.7 Å². The number of carbonyl (C=O) groups is 8. The normalized spacial score (nSPS) is 17.2. The topological polar surface area (TPSA) is 186 Å². The number of benzene rings is 3. The fraction of sp³-hybridized carbons (Fsp3) is 0.574. The first-order valence-corrected chi connectivity index (χ1v) is 27.9. The molecule has 0 bridgehead atoms. The minimum absolute atomic E-state index is 0.0586. The van der Waals surface area contributed by atoms with Gasteiger partial charge in [-0.15, -0.1) is 0 Å². The molecule has 2 saturated heterocycles. The van der Waals surface area contributed by atoms with Crippen molar-refractivity contribution in [1.29, 1.82) is 0 Å².